The van der Waals surface area contributed by atoms with Crippen LogP contribution in [0.15, 0.2) is 249 Å². The molecule has 2 nitrogen and oxygen atoms in total. The predicted molar refractivity (Wildman–Crippen MR) is 329 cm³/mol. The molecule has 2 atom stereocenters. The Balaban J connectivity index is 1.01. The van der Waals surface area contributed by atoms with Crippen molar-refractivity contribution >= 4 is 40.2 Å². The van der Waals surface area contributed by atoms with Gasteiger partial charge >= 0.3 is 0 Å². The van der Waals surface area contributed by atoms with Crippen molar-refractivity contribution in [3.63, 3.8) is 0 Å². The predicted octanol–water partition coefficient (Wildman–Crippen LogP) is 20.6. The molecule has 3 aliphatic rings. The van der Waals surface area contributed by atoms with Gasteiger partial charge in [-0.3, -0.25) is 0 Å². The third-order valence-corrected chi connectivity index (χ3v) is 17.3. The van der Waals surface area contributed by atoms with Gasteiger partial charge in [-0.05, 0) is 197 Å². The van der Waals surface area contributed by atoms with E-state index in [4.69, 9.17) is 0 Å². The third kappa shape index (κ3) is 8.14. The zero-order valence-corrected chi connectivity index (χ0v) is 46.2. The second kappa shape index (κ2) is 20.2. The molecule has 0 radical (unpaired) electrons. The second-order valence-corrected chi connectivity index (χ2v) is 22.0. The van der Waals surface area contributed by atoms with Crippen LogP contribution in [-0.4, -0.2) is 0 Å². The minimum Gasteiger partial charge on any atom is -0.308 e. The number of hydrogen-bond donors (Lipinski definition) is 0. The van der Waals surface area contributed by atoms with E-state index in [0.717, 1.165) is 103 Å². The molecular formula is C76H58F4N2. The van der Waals surface area contributed by atoms with E-state index in [1.807, 2.05) is 58.4 Å². The number of rotatable bonds is 12. The molecule has 0 N–H and O–H groups in total. The average Bonchev–Trinajstić information content (AvgIpc) is 1.90. The highest BCUT2D eigenvalue weighted by atomic mass is 19.1. The lowest BCUT2D eigenvalue weighted by molar-refractivity contribution is 0.583. The normalized spacial score (nSPS) is 16.5. The highest BCUT2D eigenvalue weighted by molar-refractivity contribution is 5.92. The lowest BCUT2D eigenvalue weighted by atomic mass is 9.63. The SMILES string of the molecule is C=CC1=CC=C(C2(c3cc(C)ccc3C)c3ccccc3-c3ccc(N(c4ccc(N(c5ccc6c(c5)C(c5ccc(C=C)cc5)(c5cc(C)ccc5C)c5ccccc5-6)c5ccc(F)cc5F)cc4)c4ccc(F)cc4F)cc32)CC1. The van der Waals surface area contributed by atoms with Gasteiger partial charge in [0.15, 0.2) is 0 Å². The summed E-state index contributed by atoms with van der Waals surface area (Å²) >= 11 is 0. The first-order valence-corrected chi connectivity index (χ1v) is 27.8. The van der Waals surface area contributed by atoms with Crippen LogP contribution in [0.2, 0.25) is 0 Å². The zero-order chi connectivity index (χ0) is 56.6. The summed E-state index contributed by atoms with van der Waals surface area (Å²) < 4.78 is 63.6. The number of allylic oxidation sites excluding steroid dienone is 5. The van der Waals surface area contributed by atoms with E-state index in [9.17, 15) is 0 Å². The van der Waals surface area contributed by atoms with Gasteiger partial charge in [-0.25, -0.2) is 17.6 Å². The number of hydrogen-bond acceptors (Lipinski definition) is 2. The van der Waals surface area contributed by atoms with Gasteiger partial charge in [-0.1, -0.05) is 175 Å². The molecule has 0 spiro atoms. The summed E-state index contributed by atoms with van der Waals surface area (Å²) in [5.41, 5.74) is 21.1. The van der Waals surface area contributed by atoms with E-state index in [2.05, 4.69) is 186 Å². The third-order valence-electron chi connectivity index (χ3n) is 17.3. The van der Waals surface area contributed by atoms with Crippen molar-refractivity contribution in [3.05, 3.63) is 339 Å². The van der Waals surface area contributed by atoms with Gasteiger partial charge in [0, 0.05) is 34.9 Å². The van der Waals surface area contributed by atoms with Gasteiger partial charge in [0.25, 0.3) is 0 Å². The Morgan fingerprint density at radius 1 is 0.390 bits per heavy atom. The molecule has 0 fully saturated rings. The summed E-state index contributed by atoms with van der Waals surface area (Å²) in [5.74, 6) is -2.90. The van der Waals surface area contributed by atoms with Crippen molar-refractivity contribution in [3.8, 4) is 22.3 Å². The summed E-state index contributed by atoms with van der Waals surface area (Å²) in [6.45, 7) is 16.7. The Labute approximate surface area is 477 Å². The van der Waals surface area contributed by atoms with E-state index in [-0.39, 0.29) is 11.4 Å². The summed E-state index contributed by atoms with van der Waals surface area (Å²) in [6.07, 6.45) is 9.82. The van der Waals surface area contributed by atoms with E-state index >= 15 is 17.6 Å². The number of aryl methyl sites for hydroxylation is 4. The van der Waals surface area contributed by atoms with Gasteiger partial charge in [-0.15, -0.1) is 0 Å². The fourth-order valence-electron chi connectivity index (χ4n) is 13.6. The second-order valence-electron chi connectivity index (χ2n) is 22.0. The number of nitrogens with zero attached hydrogens (tertiary/aromatic N) is 2. The van der Waals surface area contributed by atoms with Crippen molar-refractivity contribution in [2.24, 2.45) is 0 Å². The molecule has 3 aliphatic carbocycles. The first-order valence-electron chi connectivity index (χ1n) is 27.8. The highest BCUT2D eigenvalue weighted by Crippen LogP contribution is 2.61. The zero-order valence-electron chi connectivity index (χ0n) is 46.2. The van der Waals surface area contributed by atoms with Crippen LogP contribution >= 0.6 is 0 Å². The molecule has 10 aromatic rings. The van der Waals surface area contributed by atoms with Crippen LogP contribution in [0.3, 0.4) is 0 Å². The molecule has 0 aromatic heterocycles. The van der Waals surface area contributed by atoms with Gasteiger partial charge in [0.05, 0.1) is 22.2 Å². The van der Waals surface area contributed by atoms with Crippen LogP contribution in [-0.2, 0) is 10.8 Å². The molecule has 400 valence electrons. The smallest absolute Gasteiger partial charge is 0.150 e. The molecule has 13 rings (SSSR count). The highest BCUT2D eigenvalue weighted by Gasteiger charge is 2.50. The average molecular weight is 1080 g/mol. The monoisotopic (exact) mass is 1070 g/mol. The maximum atomic E-state index is 16.8. The van der Waals surface area contributed by atoms with E-state index < -0.39 is 34.1 Å². The summed E-state index contributed by atoms with van der Waals surface area (Å²) in [4.78, 5) is 3.64. The number of halogens is 4. The van der Waals surface area contributed by atoms with Crippen LogP contribution in [0.25, 0.3) is 28.3 Å². The minimum absolute atomic E-state index is 0.131. The van der Waals surface area contributed by atoms with Crippen molar-refractivity contribution in [2.45, 2.75) is 51.4 Å². The van der Waals surface area contributed by atoms with Gasteiger partial charge in [0.2, 0.25) is 0 Å². The van der Waals surface area contributed by atoms with Gasteiger partial charge < -0.3 is 9.80 Å². The quantitative estimate of drug-likeness (QED) is 0.113. The topological polar surface area (TPSA) is 6.48 Å². The van der Waals surface area contributed by atoms with Crippen molar-refractivity contribution in [1.82, 2.24) is 0 Å². The molecule has 0 heterocycles. The lowest BCUT2D eigenvalue weighted by Crippen LogP contribution is -2.31. The van der Waals surface area contributed by atoms with Crippen LogP contribution in [0.1, 0.15) is 79.6 Å². The molecule has 0 aliphatic heterocycles. The molecular weight excluding hydrogens is 1020 g/mol. The maximum Gasteiger partial charge on any atom is 0.150 e. The largest absolute Gasteiger partial charge is 0.308 e. The molecule has 0 amide bonds. The molecule has 0 saturated heterocycles. The van der Waals surface area contributed by atoms with E-state index in [1.54, 1.807) is 0 Å². The van der Waals surface area contributed by atoms with Gasteiger partial charge in [-0.2, -0.15) is 0 Å². The Kier molecular flexibility index (Phi) is 12.8. The minimum atomic E-state index is -0.806. The van der Waals surface area contributed by atoms with Crippen molar-refractivity contribution < 1.29 is 17.6 Å². The standard InChI is InChI=1S/C76H58F4N2/c1-7-51-21-25-53(26-22-51)75(67-41-47(3)17-19-49(67)5)65-15-11-9-13-61(65)63-37-35-59(45-69(63)75)81(73-39-29-55(77)43-71(73)79)57-31-33-58(34-32-57)82(74-40-30-56(78)44-72(74)80)60-36-38-64-62-14-10-12-16-66(62)76(70(64)46-60,54-27-23-52(8-2)24-28-54)68-42-48(4)18-20-50(68)6/h7-23,25-27,29-46H,1-2,24,28H2,3-6H3. The summed E-state index contributed by atoms with van der Waals surface area (Å²) in [5, 5.41) is 0. The van der Waals surface area contributed by atoms with Crippen LogP contribution < -0.4 is 9.80 Å². The van der Waals surface area contributed by atoms with Gasteiger partial charge in [0.1, 0.15) is 23.3 Å². The molecule has 6 heteroatoms. The first kappa shape index (κ1) is 51.9. The summed E-state index contributed by atoms with van der Waals surface area (Å²) in [7, 11) is 0. The molecule has 10 aromatic carbocycles. The number of benzene rings is 10. The number of anilines is 6. The maximum absolute atomic E-state index is 16.8. The lowest BCUT2D eigenvalue weighted by Gasteiger charge is -2.39. The van der Waals surface area contributed by atoms with Crippen molar-refractivity contribution in [2.75, 3.05) is 9.80 Å². The first-order chi connectivity index (χ1) is 39.8. The summed E-state index contributed by atoms with van der Waals surface area (Å²) in [6, 6.07) is 66.3. The van der Waals surface area contributed by atoms with Crippen LogP contribution in [0.5, 0.6) is 0 Å². The van der Waals surface area contributed by atoms with Crippen LogP contribution in [0, 0.1) is 51.0 Å². The number of fused-ring (bicyclic) bond motifs is 6. The Hall–Kier alpha value is -9.52. The molecule has 82 heavy (non-hydrogen) atoms. The molecule has 2 unspecified atom stereocenters. The van der Waals surface area contributed by atoms with E-state index in [0.29, 0.717) is 22.7 Å². The molecule has 0 bridgehead atoms. The molecule has 0 saturated carbocycles. The fourth-order valence-corrected chi connectivity index (χ4v) is 13.6. The Bertz CT molecular complexity index is 4320. The van der Waals surface area contributed by atoms with Crippen LogP contribution in [0.4, 0.5) is 51.7 Å². The Morgan fingerprint density at radius 3 is 1.33 bits per heavy atom. The fraction of sp³-hybridized carbons (Fsp3) is 0.105. The van der Waals surface area contributed by atoms with E-state index in [1.165, 1.54) is 46.5 Å². The van der Waals surface area contributed by atoms with Crippen molar-refractivity contribution in [1.29, 1.82) is 0 Å². The Morgan fingerprint density at radius 2 is 0.854 bits per heavy atom.